The molecular formula is C22H20ClNO4. The van der Waals surface area contributed by atoms with E-state index in [9.17, 15) is 9.59 Å². The molecule has 0 saturated carbocycles. The zero-order chi connectivity index (χ0) is 19.3. The summed E-state index contributed by atoms with van der Waals surface area (Å²) in [7, 11) is 0. The topological polar surface area (TPSA) is 55.8 Å². The summed E-state index contributed by atoms with van der Waals surface area (Å²) in [6, 6.07) is 15.7. The fraction of sp³-hybridized carbons (Fsp3) is 0.364. The molecule has 2 bridgehead atoms. The van der Waals surface area contributed by atoms with Crippen LogP contribution in [0.5, 0.6) is 0 Å². The van der Waals surface area contributed by atoms with Gasteiger partial charge >= 0.3 is 6.09 Å². The molecule has 28 heavy (non-hydrogen) atoms. The molecule has 0 N–H and O–H groups in total. The number of fused-ring (bicyclic) bond motifs is 5. The summed E-state index contributed by atoms with van der Waals surface area (Å²) in [5.41, 5.74) is 4.72. The maximum Gasteiger partial charge on any atom is 0.410 e. The Labute approximate surface area is 168 Å². The minimum Gasteiger partial charge on any atom is -0.448 e. The molecule has 6 heteroatoms. The standard InChI is InChI=1S/C22H20ClNO4/c23-21-19-12-27-10-13(9-20(21)25)24(19)22(26)28-11-18-16-7-3-1-5-14(16)15-6-2-4-8-17(15)18/h1-8,13,18-19,21H,9-12H2. The van der Waals surface area contributed by atoms with Crippen LogP contribution in [0.4, 0.5) is 4.79 Å². The van der Waals surface area contributed by atoms with Crippen molar-refractivity contribution in [2.24, 2.45) is 0 Å². The number of halogens is 1. The molecule has 2 saturated heterocycles. The second kappa shape index (κ2) is 6.90. The summed E-state index contributed by atoms with van der Waals surface area (Å²) >= 11 is 6.25. The van der Waals surface area contributed by atoms with Crippen LogP contribution >= 0.6 is 11.6 Å². The average molecular weight is 398 g/mol. The number of ether oxygens (including phenoxy) is 2. The SMILES string of the molecule is O=C1CC2COCC(C1Cl)N2C(=O)OCC1c2ccccc2-c2ccccc21. The summed E-state index contributed by atoms with van der Waals surface area (Å²) in [6.07, 6.45) is -0.201. The Morgan fingerprint density at radius 2 is 1.71 bits per heavy atom. The molecule has 1 amide bonds. The summed E-state index contributed by atoms with van der Waals surface area (Å²) in [5, 5.41) is -0.739. The van der Waals surface area contributed by atoms with Gasteiger partial charge in [-0.15, -0.1) is 11.6 Å². The van der Waals surface area contributed by atoms with E-state index in [4.69, 9.17) is 21.1 Å². The van der Waals surface area contributed by atoms with E-state index in [-0.39, 0.29) is 37.4 Å². The molecule has 3 atom stereocenters. The second-order valence-electron chi connectivity index (χ2n) is 7.54. The number of carbonyl (C=O) groups excluding carboxylic acids is 2. The number of piperidine rings is 1. The average Bonchev–Trinajstić information content (AvgIpc) is 3.04. The largest absolute Gasteiger partial charge is 0.448 e. The third-order valence-electron chi connectivity index (χ3n) is 5.98. The van der Waals surface area contributed by atoms with Crippen LogP contribution in [0.2, 0.25) is 0 Å². The van der Waals surface area contributed by atoms with Crippen molar-refractivity contribution in [3.63, 3.8) is 0 Å². The zero-order valence-corrected chi connectivity index (χ0v) is 16.0. The van der Waals surface area contributed by atoms with E-state index < -0.39 is 17.5 Å². The monoisotopic (exact) mass is 397 g/mol. The number of ketones is 1. The van der Waals surface area contributed by atoms with Gasteiger partial charge in [0.1, 0.15) is 12.0 Å². The molecule has 144 valence electrons. The normalized spacial score (nSPS) is 26.0. The van der Waals surface area contributed by atoms with Gasteiger partial charge in [-0.25, -0.2) is 4.79 Å². The lowest BCUT2D eigenvalue weighted by Crippen LogP contribution is -2.64. The van der Waals surface area contributed by atoms with Gasteiger partial charge < -0.3 is 9.47 Å². The number of nitrogens with zero attached hydrogens (tertiary/aromatic N) is 1. The lowest BCUT2D eigenvalue weighted by atomic mass is 9.93. The lowest BCUT2D eigenvalue weighted by molar-refractivity contribution is -0.132. The van der Waals surface area contributed by atoms with Crippen LogP contribution in [0.1, 0.15) is 23.5 Å². The van der Waals surface area contributed by atoms with Gasteiger partial charge in [-0.2, -0.15) is 0 Å². The van der Waals surface area contributed by atoms with Crippen LogP contribution in [-0.2, 0) is 14.3 Å². The van der Waals surface area contributed by atoms with E-state index in [1.165, 1.54) is 22.3 Å². The van der Waals surface area contributed by atoms with E-state index in [0.29, 0.717) is 6.61 Å². The van der Waals surface area contributed by atoms with E-state index in [1.54, 1.807) is 4.90 Å². The van der Waals surface area contributed by atoms with Crippen LogP contribution in [0.3, 0.4) is 0 Å². The lowest BCUT2D eigenvalue weighted by Gasteiger charge is -2.46. The molecule has 5 nitrogen and oxygen atoms in total. The molecule has 2 aliphatic heterocycles. The number of morpholine rings is 1. The van der Waals surface area contributed by atoms with Crippen molar-refractivity contribution in [3.8, 4) is 11.1 Å². The van der Waals surface area contributed by atoms with Crippen molar-refractivity contribution in [1.82, 2.24) is 4.90 Å². The summed E-state index contributed by atoms with van der Waals surface area (Å²) in [4.78, 5) is 26.6. The molecule has 3 unspecified atom stereocenters. The second-order valence-corrected chi connectivity index (χ2v) is 8.01. The maximum absolute atomic E-state index is 12.9. The fourth-order valence-electron chi connectivity index (χ4n) is 4.65. The van der Waals surface area contributed by atoms with E-state index >= 15 is 0 Å². The van der Waals surface area contributed by atoms with Gasteiger partial charge in [-0.1, -0.05) is 48.5 Å². The predicted octanol–water partition coefficient (Wildman–Crippen LogP) is 3.59. The molecule has 0 radical (unpaired) electrons. The Morgan fingerprint density at radius 3 is 2.39 bits per heavy atom. The molecule has 5 rings (SSSR count). The van der Waals surface area contributed by atoms with Crippen molar-refractivity contribution < 1.29 is 19.1 Å². The van der Waals surface area contributed by atoms with Gasteiger partial charge in [0, 0.05) is 12.3 Å². The minimum absolute atomic E-state index is 0.00524. The molecule has 1 aliphatic carbocycles. The smallest absolute Gasteiger partial charge is 0.410 e. The van der Waals surface area contributed by atoms with Gasteiger partial charge in [-0.05, 0) is 22.3 Å². The van der Waals surface area contributed by atoms with Crippen LogP contribution < -0.4 is 0 Å². The molecule has 2 aromatic rings. The van der Waals surface area contributed by atoms with Gasteiger partial charge in [0.25, 0.3) is 0 Å². The summed E-state index contributed by atoms with van der Waals surface area (Å²) < 4.78 is 11.3. The first-order valence-corrected chi connectivity index (χ1v) is 9.96. The maximum atomic E-state index is 12.9. The van der Waals surface area contributed by atoms with Gasteiger partial charge in [0.15, 0.2) is 5.78 Å². The molecular weight excluding hydrogens is 378 g/mol. The van der Waals surface area contributed by atoms with E-state index in [1.807, 2.05) is 24.3 Å². The molecule has 3 aliphatic rings. The quantitative estimate of drug-likeness (QED) is 0.727. The highest BCUT2D eigenvalue weighted by Gasteiger charge is 2.47. The first-order valence-electron chi connectivity index (χ1n) is 9.53. The Balaban J connectivity index is 1.37. The van der Waals surface area contributed by atoms with E-state index in [0.717, 1.165) is 0 Å². The summed E-state index contributed by atoms with van der Waals surface area (Å²) in [5.74, 6) is -0.0201. The molecule has 2 fully saturated rings. The first-order chi connectivity index (χ1) is 13.6. The van der Waals surface area contributed by atoms with Crippen molar-refractivity contribution in [2.75, 3.05) is 19.8 Å². The third kappa shape index (κ3) is 2.73. The van der Waals surface area contributed by atoms with Crippen molar-refractivity contribution in [1.29, 1.82) is 0 Å². The van der Waals surface area contributed by atoms with E-state index in [2.05, 4.69) is 24.3 Å². The van der Waals surface area contributed by atoms with Gasteiger partial charge in [0.2, 0.25) is 0 Å². The Hall–Kier alpha value is -2.37. The van der Waals surface area contributed by atoms with Gasteiger partial charge in [0.05, 0.1) is 25.3 Å². The zero-order valence-electron chi connectivity index (χ0n) is 15.2. The third-order valence-corrected chi connectivity index (χ3v) is 6.51. The molecule has 2 heterocycles. The minimum atomic E-state index is -0.739. The molecule has 0 spiro atoms. The number of carbonyl (C=O) groups is 2. The highest BCUT2D eigenvalue weighted by atomic mass is 35.5. The summed E-state index contributed by atoms with van der Waals surface area (Å²) in [6.45, 7) is 0.862. The molecule has 0 aromatic heterocycles. The highest BCUT2D eigenvalue weighted by Crippen LogP contribution is 2.44. The number of amides is 1. The van der Waals surface area contributed by atoms with Crippen LogP contribution in [0.15, 0.2) is 48.5 Å². The van der Waals surface area contributed by atoms with Crippen molar-refractivity contribution >= 4 is 23.5 Å². The van der Waals surface area contributed by atoms with Gasteiger partial charge in [-0.3, -0.25) is 9.69 Å². The van der Waals surface area contributed by atoms with Crippen LogP contribution in [0.25, 0.3) is 11.1 Å². The number of Topliss-reactive ketones (excluding diaryl/α,β-unsaturated/α-hetero) is 1. The predicted molar refractivity (Wildman–Crippen MR) is 105 cm³/mol. The Kier molecular flexibility index (Phi) is 4.37. The fourth-order valence-corrected chi connectivity index (χ4v) is 4.93. The number of hydrogen-bond donors (Lipinski definition) is 0. The number of benzene rings is 2. The Bertz CT molecular complexity index is 900. The molecule has 2 aromatic carbocycles. The first kappa shape index (κ1) is 17.7. The number of rotatable bonds is 2. The number of alkyl halides is 1. The van der Waals surface area contributed by atoms with Crippen molar-refractivity contribution in [2.45, 2.75) is 29.8 Å². The van der Waals surface area contributed by atoms with Crippen molar-refractivity contribution in [3.05, 3.63) is 59.7 Å². The highest BCUT2D eigenvalue weighted by molar-refractivity contribution is 6.32. The number of hydrogen-bond acceptors (Lipinski definition) is 4. The van der Waals surface area contributed by atoms with Crippen LogP contribution in [0, 0.1) is 0 Å². The Morgan fingerprint density at radius 1 is 1.07 bits per heavy atom. The van der Waals surface area contributed by atoms with Crippen LogP contribution in [-0.4, -0.2) is 54.1 Å².